The van der Waals surface area contributed by atoms with E-state index >= 15 is 0 Å². The summed E-state index contributed by atoms with van der Waals surface area (Å²) in [6.45, 7) is 4.29. The van der Waals surface area contributed by atoms with Crippen LogP contribution in [0, 0.1) is 5.82 Å². The number of sulfonamides is 1. The molecule has 0 saturated carbocycles. The molecule has 1 N–H and O–H groups in total. The molecule has 1 unspecified atom stereocenters. The van der Waals surface area contributed by atoms with Crippen LogP contribution in [0.4, 0.5) is 4.39 Å². The van der Waals surface area contributed by atoms with Gasteiger partial charge in [0.2, 0.25) is 10.0 Å². The van der Waals surface area contributed by atoms with E-state index in [0.717, 1.165) is 18.6 Å². The predicted octanol–water partition coefficient (Wildman–Crippen LogP) is 1.58. The van der Waals surface area contributed by atoms with E-state index < -0.39 is 15.8 Å². The van der Waals surface area contributed by atoms with Gasteiger partial charge in [0.05, 0.1) is 17.1 Å². The van der Waals surface area contributed by atoms with Crippen molar-refractivity contribution >= 4 is 15.9 Å². The number of nitrogens with one attached hydrogen (secondary N) is 1. The van der Waals surface area contributed by atoms with Crippen molar-refractivity contribution in [3.05, 3.63) is 42.0 Å². The third kappa shape index (κ3) is 4.33. The second-order valence-corrected chi connectivity index (χ2v) is 8.76. The molecule has 1 aliphatic heterocycles. The molecule has 1 atom stereocenters. The molecule has 27 heavy (non-hydrogen) atoms. The van der Waals surface area contributed by atoms with Crippen LogP contribution >= 0.6 is 0 Å². The van der Waals surface area contributed by atoms with E-state index in [9.17, 15) is 17.6 Å². The van der Waals surface area contributed by atoms with Crippen LogP contribution < -0.4 is 5.32 Å². The van der Waals surface area contributed by atoms with Gasteiger partial charge in [-0.1, -0.05) is 5.21 Å². The first-order valence-electron chi connectivity index (χ1n) is 8.76. The molecular weight excluding hydrogens is 373 g/mol. The zero-order valence-electron chi connectivity index (χ0n) is 15.2. The Kier molecular flexibility index (Phi) is 5.56. The Morgan fingerprint density at radius 1 is 1.30 bits per heavy atom. The molecular formula is C17H22FN5O3S. The number of hydrogen-bond acceptors (Lipinski definition) is 5. The van der Waals surface area contributed by atoms with Crippen molar-refractivity contribution < 1.29 is 17.6 Å². The molecule has 2 heterocycles. The Labute approximate surface area is 157 Å². The predicted molar refractivity (Wildman–Crippen MR) is 96.1 cm³/mol. The van der Waals surface area contributed by atoms with Crippen molar-refractivity contribution in [3.63, 3.8) is 0 Å². The van der Waals surface area contributed by atoms with E-state index in [1.807, 2.05) is 13.8 Å². The Morgan fingerprint density at radius 3 is 2.67 bits per heavy atom. The fourth-order valence-electron chi connectivity index (χ4n) is 3.01. The first kappa shape index (κ1) is 19.4. The van der Waals surface area contributed by atoms with E-state index in [2.05, 4.69) is 15.6 Å². The summed E-state index contributed by atoms with van der Waals surface area (Å²) in [5.41, 5.74) is 0.196. The highest BCUT2D eigenvalue weighted by Gasteiger charge is 2.31. The van der Waals surface area contributed by atoms with Gasteiger partial charge >= 0.3 is 0 Å². The van der Waals surface area contributed by atoms with Crippen LogP contribution in [0.25, 0.3) is 0 Å². The molecule has 8 nitrogen and oxygen atoms in total. The fraction of sp³-hybridized carbons (Fsp3) is 0.471. The van der Waals surface area contributed by atoms with Crippen LogP contribution in [0.5, 0.6) is 0 Å². The zero-order chi connectivity index (χ0) is 19.6. The molecule has 146 valence electrons. The number of carbonyl (C=O) groups is 1. The highest BCUT2D eigenvalue weighted by atomic mass is 32.2. The lowest BCUT2D eigenvalue weighted by Gasteiger charge is -2.31. The molecule has 1 aromatic carbocycles. The minimum absolute atomic E-state index is 0.0197. The monoisotopic (exact) mass is 395 g/mol. The maximum absolute atomic E-state index is 13.1. The van der Waals surface area contributed by atoms with Crippen molar-refractivity contribution in [2.75, 3.05) is 13.1 Å². The summed E-state index contributed by atoms with van der Waals surface area (Å²) in [7, 11) is -3.72. The SMILES string of the molecule is CC(C)NC(=O)c1cn(C2CCCN(S(=O)(=O)c3ccc(F)cc3)C2)nn1. The third-order valence-electron chi connectivity index (χ3n) is 4.35. The summed E-state index contributed by atoms with van der Waals surface area (Å²) in [6, 6.07) is 4.54. The molecule has 1 aliphatic rings. The smallest absolute Gasteiger partial charge is 0.273 e. The Morgan fingerprint density at radius 2 is 2.00 bits per heavy atom. The number of halogens is 1. The molecule has 0 aliphatic carbocycles. The number of amides is 1. The van der Waals surface area contributed by atoms with Crippen LogP contribution in [0.2, 0.25) is 0 Å². The minimum Gasteiger partial charge on any atom is -0.348 e. The maximum Gasteiger partial charge on any atom is 0.273 e. The standard InChI is InChI=1S/C17H22FN5O3S/c1-12(2)19-17(24)16-11-23(21-20-16)14-4-3-9-22(10-14)27(25,26)15-7-5-13(18)6-8-15/h5-8,11-12,14H,3-4,9-10H2,1-2H3,(H,19,24). The van der Waals surface area contributed by atoms with Crippen LogP contribution in [0.3, 0.4) is 0 Å². The molecule has 1 aromatic heterocycles. The second-order valence-electron chi connectivity index (χ2n) is 6.82. The maximum atomic E-state index is 13.1. The largest absolute Gasteiger partial charge is 0.348 e. The summed E-state index contributed by atoms with van der Waals surface area (Å²) in [5, 5.41) is 10.6. The van der Waals surface area contributed by atoms with Gasteiger partial charge in [-0.25, -0.2) is 17.5 Å². The van der Waals surface area contributed by atoms with E-state index in [4.69, 9.17) is 0 Å². The summed E-state index contributed by atoms with van der Waals surface area (Å²) in [5.74, 6) is -0.803. The Bertz CT molecular complexity index is 911. The minimum atomic E-state index is -3.72. The van der Waals surface area contributed by atoms with Gasteiger partial charge < -0.3 is 5.32 Å². The number of carbonyl (C=O) groups excluding carboxylic acids is 1. The van der Waals surface area contributed by atoms with Gasteiger partial charge in [-0.15, -0.1) is 5.10 Å². The van der Waals surface area contributed by atoms with Crippen molar-refractivity contribution in [1.82, 2.24) is 24.6 Å². The number of piperidine rings is 1. The van der Waals surface area contributed by atoms with Gasteiger partial charge in [0, 0.05) is 19.1 Å². The van der Waals surface area contributed by atoms with E-state index in [0.29, 0.717) is 13.0 Å². The fourth-order valence-corrected chi connectivity index (χ4v) is 4.52. The number of nitrogens with zero attached hydrogens (tertiary/aromatic N) is 4. The van der Waals surface area contributed by atoms with Crippen molar-refractivity contribution in [2.24, 2.45) is 0 Å². The molecule has 2 aromatic rings. The van der Waals surface area contributed by atoms with Crippen molar-refractivity contribution in [2.45, 2.75) is 43.7 Å². The molecule has 1 amide bonds. The average Bonchev–Trinajstić information content (AvgIpc) is 3.12. The lowest BCUT2D eigenvalue weighted by molar-refractivity contribution is 0.0938. The number of aromatic nitrogens is 3. The highest BCUT2D eigenvalue weighted by Crippen LogP contribution is 2.26. The molecule has 3 rings (SSSR count). The average molecular weight is 395 g/mol. The molecule has 0 bridgehead atoms. The first-order valence-corrected chi connectivity index (χ1v) is 10.2. The summed E-state index contributed by atoms with van der Waals surface area (Å²) in [6.07, 6.45) is 2.92. The van der Waals surface area contributed by atoms with E-state index in [1.165, 1.54) is 22.6 Å². The molecule has 0 spiro atoms. The Balaban J connectivity index is 1.75. The van der Waals surface area contributed by atoms with E-state index in [1.54, 1.807) is 4.68 Å². The van der Waals surface area contributed by atoms with E-state index in [-0.39, 0.29) is 35.1 Å². The quantitative estimate of drug-likeness (QED) is 0.829. The lowest BCUT2D eigenvalue weighted by Crippen LogP contribution is -2.40. The first-order chi connectivity index (χ1) is 12.8. The van der Waals surface area contributed by atoms with Gasteiger partial charge in [-0.2, -0.15) is 4.31 Å². The van der Waals surface area contributed by atoms with Gasteiger partial charge in [0.15, 0.2) is 5.69 Å². The van der Waals surface area contributed by atoms with Crippen molar-refractivity contribution in [3.8, 4) is 0 Å². The topological polar surface area (TPSA) is 97.2 Å². The molecule has 1 fully saturated rings. The van der Waals surface area contributed by atoms with Crippen LogP contribution in [0.15, 0.2) is 35.4 Å². The van der Waals surface area contributed by atoms with Crippen LogP contribution in [-0.4, -0.2) is 52.8 Å². The lowest BCUT2D eigenvalue weighted by atomic mass is 10.1. The third-order valence-corrected chi connectivity index (χ3v) is 6.23. The van der Waals surface area contributed by atoms with Crippen LogP contribution in [-0.2, 0) is 10.0 Å². The summed E-state index contributed by atoms with van der Waals surface area (Å²) in [4.78, 5) is 12.1. The van der Waals surface area contributed by atoms with Crippen molar-refractivity contribution in [1.29, 1.82) is 0 Å². The normalized spacial score (nSPS) is 18.6. The van der Waals surface area contributed by atoms with Gasteiger partial charge in [0.25, 0.3) is 5.91 Å². The van der Waals surface area contributed by atoms with Gasteiger partial charge in [0.1, 0.15) is 5.82 Å². The van der Waals surface area contributed by atoms with Crippen LogP contribution in [0.1, 0.15) is 43.2 Å². The number of rotatable bonds is 5. The number of benzene rings is 1. The molecule has 0 radical (unpaired) electrons. The summed E-state index contributed by atoms with van der Waals surface area (Å²) >= 11 is 0. The molecule has 1 saturated heterocycles. The number of hydrogen-bond donors (Lipinski definition) is 1. The summed E-state index contributed by atoms with van der Waals surface area (Å²) < 4.78 is 41.6. The zero-order valence-corrected chi connectivity index (χ0v) is 16.0. The highest BCUT2D eigenvalue weighted by molar-refractivity contribution is 7.89. The second kappa shape index (κ2) is 7.73. The van der Waals surface area contributed by atoms with Gasteiger partial charge in [-0.3, -0.25) is 4.79 Å². The molecule has 10 heteroatoms. The Hall–Kier alpha value is -2.33. The van der Waals surface area contributed by atoms with Gasteiger partial charge in [-0.05, 0) is 51.0 Å².